The maximum Gasteiger partial charge on any atom is 0.134 e. The standard InChI is InChI=1S/C15H13N3O/c19-13-5-4-11-6-8-17-15(14(11)9-13)18-10-12-3-1-2-7-16-12/h1-9,19H,10H2,(H,17,18). The van der Waals surface area contributed by atoms with Crippen molar-refractivity contribution in [3.05, 3.63) is 60.6 Å². The molecule has 2 N–H and O–H groups in total. The third-order valence-electron chi connectivity index (χ3n) is 2.91. The molecule has 0 radical (unpaired) electrons. The van der Waals surface area contributed by atoms with E-state index in [0.29, 0.717) is 6.54 Å². The molecule has 4 heteroatoms. The minimum absolute atomic E-state index is 0.237. The summed E-state index contributed by atoms with van der Waals surface area (Å²) in [6.07, 6.45) is 3.51. The Morgan fingerprint density at radius 1 is 1.00 bits per heavy atom. The van der Waals surface area contributed by atoms with Gasteiger partial charge in [0.25, 0.3) is 0 Å². The fourth-order valence-electron chi connectivity index (χ4n) is 1.97. The summed E-state index contributed by atoms with van der Waals surface area (Å²) in [5.74, 6) is 0.987. The first kappa shape index (κ1) is 11.5. The summed E-state index contributed by atoms with van der Waals surface area (Å²) >= 11 is 0. The lowest BCUT2D eigenvalue weighted by Crippen LogP contribution is -2.03. The van der Waals surface area contributed by atoms with E-state index in [4.69, 9.17) is 0 Å². The molecule has 0 saturated heterocycles. The first-order chi connectivity index (χ1) is 9.33. The van der Waals surface area contributed by atoms with Gasteiger partial charge in [-0.1, -0.05) is 12.1 Å². The Kier molecular flexibility index (Phi) is 2.98. The van der Waals surface area contributed by atoms with E-state index in [-0.39, 0.29) is 5.75 Å². The van der Waals surface area contributed by atoms with Gasteiger partial charge in [0, 0.05) is 17.8 Å². The molecule has 0 fully saturated rings. The van der Waals surface area contributed by atoms with Crippen molar-refractivity contribution in [1.29, 1.82) is 0 Å². The fraction of sp³-hybridized carbons (Fsp3) is 0.0667. The van der Waals surface area contributed by atoms with Crippen molar-refractivity contribution in [2.45, 2.75) is 6.54 Å². The molecule has 0 bridgehead atoms. The molecule has 3 rings (SSSR count). The predicted molar refractivity (Wildman–Crippen MR) is 75.0 cm³/mol. The number of hydrogen-bond donors (Lipinski definition) is 2. The van der Waals surface area contributed by atoms with Crippen molar-refractivity contribution in [3.8, 4) is 5.75 Å². The van der Waals surface area contributed by atoms with Gasteiger partial charge in [-0.2, -0.15) is 0 Å². The van der Waals surface area contributed by atoms with Gasteiger partial charge in [0.1, 0.15) is 11.6 Å². The molecule has 0 aliphatic carbocycles. The minimum Gasteiger partial charge on any atom is -0.508 e. The van der Waals surface area contributed by atoms with Crippen LogP contribution in [0.15, 0.2) is 54.9 Å². The van der Waals surface area contributed by atoms with Crippen LogP contribution in [0.3, 0.4) is 0 Å². The van der Waals surface area contributed by atoms with E-state index in [1.165, 1.54) is 0 Å². The van der Waals surface area contributed by atoms with Crippen LogP contribution in [0.5, 0.6) is 5.75 Å². The van der Waals surface area contributed by atoms with Crippen molar-refractivity contribution >= 4 is 16.6 Å². The van der Waals surface area contributed by atoms with Crippen LogP contribution < -0.4 is 5.32 Å². The summed E-state index contributed by atoms with van der Waals surface area (Å²) in [5, 5.41) is 14.8. The Morgan fingerprint density at radius 3 is 2.79 bits per heavy atom. The summed E-state index contributed by atoms with van der Waals surface area (Å²) in [7, 11) is 0. The lowest BCUT2D eigenvalue weighted by atomic mass is 10.1. The number of aromatic nitrogens is 2. The number of rotatable bonds is 3. The Hall–Kier alpha value is -2.62. The first-order valence-electron chi connectivity index (χ1n) is 6.04. The van der Waals surface area contributed by atoms with E-state index < -0.39 is 0 Å². The summed E-state index contributed by atoms with van der Waals surface area (Å²) < 4.78 is 0. The summed E-state index contributed by atoms with van der Waals surface area (Å²) in [6, 6.07) is 13.0. The number of phenolic OH excluding ortho intramolecular Hbond substituents is 1. The summed E-state index contributed by atoms with van der Waals surface area (Å²) in [4.78, 5) is 8.56. The molecule has 19 heavy (non-hydrogen) atoms. The van der Waals surface area contributed by atoms with Crippen LogP contribution >= 0.6 is 0 Å². The molecule has 1 aromatic carbocycles. The second-order valence-electron chi connectivity index (χ2n) is 4.24. The van der Waals surface area contributed by atoms with Gasteiger partial charge in [0.2, 0.25) is 0 Å². The first-order valence-corrected chi connectivity index (χ1v) is 6.04. The highest BCUT2D eigenvalue weighted by molar-refractivity contribution is 5.92. The van der Waals surface area contributed by atoms with E-state index in [9.17, 15) is 5.11 Å². The zero-order valence-electron chi connectivity index (χ0n) is 10.2. The third-order valence-corrected chi connectivity index (χ3v) is 2.91. The molecular formula is C15H13N3O. The van der Waals surface area contributed by atoms with Crippen molar-refractivity contribution in [2.24, 2.45) is 0 Å². The average Bonchev–Trinajstić information content (AvgIpc) is 2.46. The largest absolute Gasteiger partial charge is 0.508 e. The van der Waals surface area contributed by atoms with Gasteiger partial charge in [-0.3, -0.25) is 4.98 Å². The highest BCUT2D eigenvalue weighted by Crippen LogP contribution is 2.25. The van der Waals surface area contributed by atoms with Crippen LogP contribution in [0.1, 0.15) is 5.69 Å². The molecule has 0 aliphatic heterocycles. The van der Waals surface area contributed by atoms with Gasteiger partial charge >= 0.3 is 0 Å². The topological polar surface area (TPSA) is 58.0 Å². The number of hydrogen-bond acceptors (Lipinski definition) is 4. The molecular weight excluding hydrogens is 238 g/mol. The van der Waals surface area contributed by atoms with Crippen molar-refractivity contribution in [3.63, 3.8) is 0 Å². The molecule has 2 heterocycles. The minimum atomic E-state index is 0.237. The van der Waals surface area contributed by atoms with Crippen molar-refractivity contribution in [1.82, 2.24) is 9.97 Å². The number of pyridine rings is 2. The lowest BCUT2D eigenvalue weighted by molar-refractivity contribution is 0.476. The van der Waals surface area contributed by atoms with Gasteiger partial charge in [-0.15, -0.1) is 0 Å². The lowest BCUT2D eigenvalue weighted by Gasteiger charge is -2.08. The van der Waals surface area contributed by atoms with Gasteiger partial charge in [-0.05, 0) is 35.7 Å². The number of anilines is 1. The monoisotopic (exact) mass is 251 g/mol. The number of benzene rings is 1. The van der Waals surface area contributed by atoms with Crippen LogP contribution in [-0.2, 0) is 6.54 Å². The maximum atomic E-state index is 9.57. The maximum absolute atomic E-state index is 9.57. The Labute approximate surface area is 110 Å². The third kappa shape index (κ3) is 2.47. The highest BCUT2D eigenvalue weighted by atomic mass is 16.3. The van der Waals surface area contributed by atoms with Crippen LogP contribution in [0.2, 0.25) is 0 Å². The van der Waals surface area contributed by atoms with Crippen LogP contribution in [-0.4, -0.2) is 15.1 Å². The smallest absolute Gasteiger partial charge is 0.134 e. The van der Waals surface area contributed by atoms with Crippen molar-refractivity contribution in [2.75, 3.05) is 5.32 Å². The van der Waals surface area contributed by atoms with Gasteiger partial charge in [0.05, 0.1) is 12.2 Å². The molecule has 0 atom stereocenters. The Balaban J connectivity index is 1.90. The summed E-state index contributed by atoms with van der Waals surface area (Å²) in [6.45, 7) is 0.600. The van der Waals surface area contributed by atoms with Gasteiger partial charge < -0.3 is 10.4 Å². The Bertz CT molecular complexity index is 698. The molecule has 94 valence electrons. The van der Waals surface area contributed by atoms with Crippen LogP contribution in [0, 0.1) is 0 Å². The molecule has 0 saturated carbocycles. The second-order valence-corrected chi connectivity index (χ2v) is 4.24. The van der Waals surface area contributed by atoms with E-state index in [1.807, 2.05) is 30.3 Å². The van der Waals surface area contributed by atoms with E-state index in [0.717, 1.165) is 22.3 Å². The molecule has 0 spiro atoms. The number of aromatic hydroxyl groups is 1. The zero-order valence-corrected chi connectivity index (χ0v) is 10.2. The number of nitrogens with one attached hydrogen (secondary N) is 1. The molecule has 2 aromatic heterocycles. The molecule has 0 amide bonds. The predicted octanol–water partition coefficient (Wildman–Crippen LogP) is 2.95. The van der Waals surface area contributed by atoms with Gasteiger partial charge in [0.15, 0.2) is 0 Å². The van der Waals surface area contributed by atoms with Crippen molar-refractivity contribution < 1.29 is 5.11 Å². The van der Waals surface area contributed by atoms with Gasteiger partial charge in [-0.25, -0.2) is 4.98 Å². The SMILES string of the molecule is Oc1ccc2ccnc(NCc3ccccn3)c2c1. The second kappa shape index (κ2) is 4.94. The highest BCUT2D eigenvalue weighted by Gasteiger charge is 2.03. The summed E-state index contributed by atoms with van der Waals surface area (Å²) in [5.41, 5.74) is 0.946. The average molecular weight is 251 g/mol. The fourth-order valence-corrected chi connectivity index (χ4v) is 1.97. The Morgan fingerprint density at radius 2 is 1.95 bits per heavy atom. The molecule has 3 aromatic rings. The quantitative estimate of drug-likeness (QED) is 0.751. The van der Waals surface area contributed by atoms with E-state index in [2.05, 4.69) is 15.3 Å². The van der Waals surface area contributed by atoms with Crippen LogP contribution in [0.25, 0.3) is 10.8 Å². The van der Waals surface area contributed by atoms with Crippen LogP contribution in [0.4, 0.5) is 5.82 Å². The van der Waals surface area contributed by atoms with E-state index >= 15 is 0 Å². The number of fused-ring (bicyclic) bond motifs is 1. The number of phenols is 1. The zero-order chi connectivity index (χ0) is 13.1. The number of nitrogens with zero attached hydrogens (tertiary/aromatic N) is 2. The normalized spacial score (nSPS) is 10.5. The molecule has 0 unspecified atom stereocenters. The molecule has 0 aliphatic rings. The molecule has 4 nitrogen and oxygen atoms in total. The van der Waals surface area contributed by atoms with E-state index in [1.54, 1.807) is 24.5 Å².